The first-order chi connectivity index (χ1) is 29.1. The van der Waals surface area contributed by atoms with Crippen LogP contribution in [0.2, 0.25) is 0 Å². The fraction of sp³-hybridized carbons (Fsp3) is 0.562. The fourth-order valence-corrected chi connectivity index (χ4v) is 6.01. The summed E-state index contributed by atoms with van der Waals surface area (Å²) < 4.78 is 26.8. The molecule has 3 unspecified atom stereocenters. The highest BCUT2D eigenvalue weighted by molar-refractivity contribution is 7.47. The van der Waals surface area contributed by atoms with E-state index in [-0.39, 0.29) is 12.8 Å². The minimum atomic E-state index is -4.78. The Labute approximate surface area is 361 Å². The molecule has 0 fully saturated rings. The van der Waals surface area contributed by atoms with Crippen LogP contribution in [0.5, 0.6) is 0 Å². The van der Waals surface area contributed by atoms with Crippen molar-refractivity contribution in [1.82, 2.24) is 5.32 Å². The van der Waals surface area contributed by atoms with Crippen molar-refractivity contribution in [1.29, 1.82) is 0 Å². The Kier molecular flexibility index (Phi) is 39.2. The number of phosphoric acid groups is 1. The van der Waals surface area contributed by atoms with Crippen molar-refractivity contribution in [2.75, 3.05) is 19.8 Å². The molecule has 0 heterocycles. The number of allylic oxidation sites excluding steroid dienone is 18. The highest BCUT2D eigenvalue weighted by Gasteiger charge is 2.28. The molecule has 11 nitrogen and oxygen atoms in total. The van der Waals surface area contributed by atoms with Gasteiger partial charge >= 0.3 is 19.8 Å². The third-order valence-electron chi connectivity index (χ3n) is 8.57. The summed E-state index contributed by atoms with van der Waals surface area (Å²) in [5.74, 6) is -2.50. The molecule has 0 aliphatic rings. The van der Waals surface area contributed by atoms with E-state index in [0.717, 1.165) is 103 Å². The quantitative estimate of drug-likeness (QED) is 0.0202. The third kappa shape index (κ3) is 40.9. The van der Waals surface area contributed by atoms with E-state index in [1.807, 2.05) is 18.2 Å². The average Bonchev–Trinajstić information content (AvgIpc) is 3.22. The van der Waals surface area contributed by atoms with Crippen LogP contribution in [0.1, 0.15) is 142 Å². The van der Waals surface area contributed by atoms with Crippen molar-refractivity contribution in [3.8, 4) is 0 Å². The third-order valence-corrected chi connectivity index (χ3v) is 9.52. The van der Waals surface area contributed by atoms with Crippen LogP contribution in [-0.2, 0) is 32.7 Å². The Morgan fingerprint density at radius 2 is 0.933 bits per heavy atom. The Balaban J connectivity index is 4.03. The maximum absolute atomic E-state index is 12.3. The first-order valence-corrected chi connectivity index (χ1v) is 23.4. The molecule has 3 atom stereocenters. The number of ether oxygens (including phenoxy) is 1. The standard InChI is InChI=1S/C48H76NO10P/c1-3-5-7-9-11-13-15-17-19-21-22-24-26-28-30-32-34-36-38-40-47(52)57-41-44(50)42-58-60(55,56)59-43-45(48(53)54)49-46(51)39-37-35-33-31-29-27-25-23-20-18-16-14-12-10-8-6-4-2/h5-8,11-14,17-20,22,24,28,30,34,36,44-45,50H,3-4,9-10,15-16,21,23,25-27,29,31-33,35,37-43H2,1-2H3,(H,49,51)(H,53,54)(H,55,56)/b7-5-,8-6-,13-11-,14-12-,19-17-,20-18-,24-22-,30-28-,36-34-. The molecule has 0 aromatic heterocycles. The molecular formula is C48H76NO10P. The van der Waals surface area contributed by atoms with Crippen LogP contribution < -0.4 is 5.32 Å². The second-order valence-corrected chi connectivity index (χ2v) is 15.6. The molecule has 0 spiro atoms. The summed E-state index contributed by atoms with van der Waals surface area (Å²) in [4.78, 5) is 45.9. The van der Waals surface area contributed by atoms with Gasteiger partial charge in [-0.3, -0.25) is 18.6 Å². The van der Waals surface area contributed by atoms with Crippen molar-refractivity contribution in [2.45, 2.75) is 154 Å². The number of carboxylic acids is 1. The molecule has 4 N–H and O–H groups in total. The summed E-state index contributed by atoms with van der Waals surface area (Å²) in [6.45, 7) is 2.26. The first-order valence-electron chi connectivity index (χ1n) is 21.9. The molecule has 0 aromatic carbocycles. The second-order valence-electron chi connectivity index (χ2n) is 14.1. The summed E-state index contributed by atoms with van der Waals surface area (Å²) in [5, 5.41) is 21.8. The normalized spacial score (nSPS) is 14.7. The van der Waals surface area contributed by atoms with Crippen LogP contribution in [0.15, 0.2) is 109 Å². The van der Waals surface area contributed by atoms with Gasteiger partial charge in [0.05, 0.1) is 13.2 Å². The molecule has 0 aromatic rings. The van der Waals surface area contributed by atoms with Gasteiger partial charge in [-0.15, -0.1) is 0 Å². The van der Waals surface area contributed by atoms with Gasteiger partial charge in [-0.1, -0.05) is 155 Å². The summed E-state index contributed by atoms with van der Waals surface area (Å²) in [6, 6.07) is -1.57. The molecule has 60 heavy (non-hydrogen) atoms. The molecular weight excluding hydrogens is 781 g/mol. The first kappa shape index (κ1) is 56.1. The smallest absolute Gasteiger partial charge is 0.472 e. The van der Waals surface area contributed by atoms with Crippen LogP contribution in [-0.4, -0.2) is 64.9 Å². The molecule has 0 saturated heterocycles. The minimum Gasteiger partial charge on any atom is -0.480 e. The maximum Gasteiger partial charge on any atom is 0.472 e. The van der Waals surface area contributed by atoms with Crippen molar-refractivity contribution >= 4 is 25.7 Å². The van der Waals surface area contributed by atoms with Crippen molar-refractivity contribution in [2.24, 2.45) is 0 Å². The molecule has 0 aliphatic heterocycles. The number of phosphoric ester groups is 1. The largest absolute Gasteiger partial charge is 0.480 e. The molecule has 0 bridgehead atoms. The van der Waals surface area contributed by atoms with E-state index in [1.165, 1.54) is 0 Å². The number of carboxylic acid groups (broad SMARTS) is 1. The fourth-order valence-electron chi connectivity index (χ4n) is 5.24. The Bertz CT molecular complexity index is 1430. The molecule has 0 rings (SSSR count). The highest BCUT2D eigenvalue weighted by Crippen LogP contribution is 2.43. The zero-order valence-electron chi connectivity index (χ0n) is 36.5. The number of nitrogens with one attached hydrogen (secondary N) is 1. The zero-order chi connectivity index (χ0) is 44.2. The summed E-state index contributed by atoms with van der Waals surface area (Å²) in [6.07, 6.45) is 54.1. The lowest BCUT2D eigenvalue weighted by Crippen LogP contribution is -2.43. The van der Waals surface area contributed by atoms with Gasteiger partial charge in [0.1, 0.15) is 12.7 Å². The number of carbonyl (C=O) groups is 3. The van der Waals surface area contributed by atoms with Gasteiger partial charge in [0.2, 0.25) is 5.91 Å². The van der Waals surface area contributed by atoms with Gasteiger partial charge < -0.3 is 25.2 Å². The number of hydrogen-bond acceptors (Lipinski definition) is 8. The van der Waals surface area contributed by atoms with Crippen LogP contribution >= 0.6 is 7.82 Å². The van der Waals surface area contributed by atoms with E-state index >= 15 is 0 Å². The van der Waals surface area contributed by atoms with Crippen LogP contribution in [0.25, 0.3) is 0 Å². The molecule has 12 heteroatoms. The summed E-state index contributed by atoms with van der Waals surface area (Å²) in [7, 11) is -4.78. The average molecular weight is 858 g/mol. The van der Waals surface area contributed by atoms with Crippen molar-refractivity contribution in [3.63, 3.8) is 0 Å². The Morgan fingerprint density at radius 1 is 0.533 bits per heavy atom. The van der Waals surface area contributed by atoms with Crippen LogP contribution in [0.3, 0.4) is 0 Å². The topological polar surface area (TPSA) is 169 Å². The van der Waals surface area contributed by atoms with Gasteiger partial charge in [-0.25, -0.2) is 9.36 Å². The minimum absolute atomic E-state index is 0.0920. The number of carbonyl (C=O) groups excluding carboxylic acids is 2. The predicted molar refractivity (Wildman–Crippen MR) is 244 cm³/mol. The molecule has 0 saturated carbocycles. The number of aliphatic hydroxyl groups is 1. The van der Waals surface area contributed by atoms with Gasteiger partial charge in [0, 0.05) is 12.8 Å². The van der Waals surface area contributed by atoms with Gasteiger partial charge in [-0.05, 0) is 83.5 Å². The lowest BCUT2D eigenvalue weighted by molar-refractivity contribution is -0.147. The number of rotatable bonds is 39. The molecule has 1 amide bonds. The number of esters is 1. The van der Waals surface area contributed by atoms with Gasteiger partial charge in [0.25, 0.3) is 0 Å². The molecule has 338 valence electrons. The lowest BCUT2D eigenvalue weighted by Gasteiger charge is -2.18. The number of amides is 1. The van der Waals surface area contributed by atoms with E-state index < -0.39 is 57.6 Å². The lowest BCUT2D eigenvalue weighted by atomic mass is 10.1. The highest BCUT2D eigenvalue weighted by atomic mass is 31.2. The SMILES string of the molecule is CC/C=C\C/C=C\C/C=C\C/C=C\C/C=C\C/C=C\CCC(=O)OCC(O)COP(=O)(O)OCC(NC(=O)CCCCCCCCC/C=C\C/C=C\C/C=C\CC)C(=O)O. The number of hydrogen-bond donors (Lipinski definition) is 4. The zero-order valence-corrected chi connectivity index (χ0v) is 37.4. The van der Waals surface area contributed by atoms with E-state index in [9.17, 15) is 34.1 Å². The van der Waals surface area contributed by atoms with Gasteiger partial charge in [-0.2, -0.15) is 0 Å². The van der Waals surface area contributed by atoms with E-state index in [2.05, 4.69) is 110 Å². The van der Waals surface area contributed by atoms with E-state index in [1.54, 1.807) is 0 Å². The summed E-state index contributed by atoms with van der Waals surface area (Å²) in [5.41, 5.74) is 0. The maximum atomic E-state index is 12.3. The van der Waals surface area contributed by atoms with E-state index in [0.29, 0.717) is 12.8 Å². The molecule has 0 radical (unpaired) electrons. The van der Waals surface area contributed by atoms with Crippen LogP contribution in [0, 0.1) is 0 Å². The van der Waals surface area contributed by atoms with Crippen molar-refractivity contribution in [3.05, 3.63) is 109 Å². The summed E-state index contributed by atoms with van der Waals surface area (Å²) >= 11 is 0. The predicted octanol–water partition coefficient (Wildman–Crippen LogP) is 11.4. The van der Waals surface area contributed by atoms with Crippen LogP contribution in [0.4, 0.5) is 0 Å². The Hall–Kier alpha value is -3.86. The molecule has 0 aliphatic carbocycles. The second kappa shape index (κ2) is 41.9. The number of unbranched alkanes of at least 4 members (excludes halogenated alkanes) is 7. The number of aliphatic hydroxyl groups excluding tert-OH is 1. The van der Waals surface area contributed by atoms with E-state index in [4.69, 9.17) is 13.8 Å². The monoisotopic (exact) mass is 858 g/mol. The number of aliphatic carboxylic acids is 1. The Morgan fingerprint density at radius 3 is 1.40 bits per heavy atom. The van der Waals surface area contributed by atoms with Crippen molar-refractivity contribution < 1.29 is 47.8 Å². The van der Waals surface area contributed by atoms with Gasteiger partial charge in [0.15, 0.2) is 6.04 Å².